The lowest BCUT2D eigenvalue weighted by molar-refractivity contribution is -0.115. The Hall–Kier alpha value is -2.29. The van der Waals surface area contributed by atoms with Crippen molar-refractivity contribution >= 4 is 41.5 Å². The number of halogens is 1. The lowest BCUT2D eigenvalue weighted by atomic mass is 9.86. The van der Waals surface area contributed by atoms with Gasteiger partial charge in [-0.25, -0.2) is 0 Å². The van der Waals surface area contributed by atoms with Gasteiger partial charge in [0.05, 0.1) is 12.6 Å². The SMILES string of the molecule is CN=C(NCC(=O)Nc1ccccc1)NC1CC2(CCCC2)Oc2ccccc21.I. The number of amides is 1. The highest BCUT2D eigenvalue weighted by molar-refractivity contribution is 14.0. The van der Waals surface area contributed by atoms with Gasteiger partial charge in [-0.1, -0.05) is 36.4 Å². The zero-order valence-electron chi connectivity index (χ0n) is 17.2. The van der Waals surface area contributed by atoms with Crippen molar-refractivity contribution in [2.75, 3.05) is 18.9 Å². The molecule has 2 aliphatic rings. The Morgan fingerprint density at radius 3 is 2.53 bits per heavy atom. The Kier molecular flexibility index (Phi) is 7.58. The molecule has 0 radical (unpaired) electrons. The number of nitrogens with zero attached hydrogens (tertiary/aromatic N) is 1. The van der Waals surface area contributed by atoms with Crippen LogP contribution >= 0.6 is 24.0 Å². The number of ether oxygens (including phenoxy) is 1. The molecule has 1 amide bonds. The van der Waals surface area contributed by atoms with Crippen molar-refractivity contribution in [2.45, 2.75) is 43.7 Å². The van der Waals surface area contributed by atoms with Gasteiger partial charge in [-0.15, -0.1) is 24.0 Å². The number of carbonyl (C=O) groups is 1. The molecule has 1 heterocycles. The monoisotopic (exact) mass is 520 g/mol. The summed E-state index contributed by atoms with van der Waals surface area (Å²) >= 11 is 0. The van der Waals surface area contributed by atoms with Gasteiger partial charge in [0.1, 0.15) is 11.4 Å². The van der Waals surface area contributed by atoms with E-state index in [2.05, 4.69) is 27.0 Å². The van der Waals surface area contributed by atoms with Gasteiger partial charge in [-0.05, 0) is 43.9 Å². The van der Waals surface area contributed by atoms with Crippen LogP contribution in [0.1, 0.15) is 43.7 Å². The molecule has 30 heavy (non-hydrogen) atoms. The second kappa shape index (κ2) is 10.1. The predicted octanol–water partition coefficient (Wildman–Crippen LogP) is 4.24. The van der Waals surface area contributed by atoms with Crippen LogP contribution in [0.5, 0.6) is 5.75 Å². The Balaban J connectivity index is 0.00000256. The quantitative estimate of drug-likeness (QED) is 0.320. The van der Waals surface area contributed by atoms with E-state index in [1.54, 1.807) is 7.05 Å². The molecule has 4 rings (SSSR count). The van der Waals surface area contributed by atoms with Crippen LogP contribution in [0.4, 0.5) is 5.69 Å². The summed E-state index contributed by atoms with van der Waals surface area (Å²) in [5.74, 6) is 1.46. The molecule has 0 bridgehead atoms. The fourth-order valence-corrected chi connectivity index (χ4v) is 4.32. The third-order valence-electron chi connectivity index (χ3n) is 5.72. The van der Waals surface area contributed by atoms with Crippen molar-refractivity contribution in [2.24, 2.45) is 4.99 Å². The average molecular weight is 520 g/mol. The molecule has 1 spiro atoms. The molecular formula is C23H29IN4O2. The fraction of sp³-hybridized carbons (Fsp3) is 0.391. The topological polar surface area (TPSA) is 74.8 Å². The standard InChI is InChI=1S/C23H28N4O2.HI/c1-24-22(25-16-21(28)26-17-9-3-2-4-10-17)27-19-15-23(13-7-8-14-23)29-20-12-6-5-11-18(19)20;/h2-6,9-12,19H,7-8,13-16H2,1H3,(H,26,28)(H2,24,25,27);1H. The molecule has 1 aliphatic carbocycles. The minimum Gasteiger partial charge on any atom is -0.487 e. The number of rotatable bonds is 4. The number of guanidine groups is 1. The maximum Gasteiger partial charge on any atom is 0.243 e. The molecule has 160 valence electrons. The number of carbonyl (C=O) groups excluding carboxylic acids is 1. The smallest absolute Gasteiger partial charge is 0.243 e. The average Bonchev–Trinajstić information content (AvgIpc) is 3.19. The summed E-state index contributed by atoms with van der Waals surface area (Å²) in [5.41, 5.74) is 1.83. The second-order valence-corrected chi connectivity index (χ2v) is 7.77. The number of fused-ring (bicyclic) bond motifs is 1. The molecule has 1 atom stereocenters. The van der Waals surface area contributed by atoms with Crippen molar-refractivity contribution in [1.82, 2.24) is 10.6 Å². The first-order valence-electron chi connectivity index (χ1n) is 10.3. The minimum atomic E-state index is -0.112. The van der Waals surface area contributed by atoms with Crippen molar-refractivity contribution in [3.8, 4) is 5.75 Å². The van der Waals surface area contributed by atoms with E-state index in [1.807, 2.05) is 48.5 Å². The lowest BCUT2D eigenvalue weighted by Gasteiger charge is -2.40. The molecule has 0 saturated heterocycles. The second-order valence-electron chi connectivity index (χ2n) is 7.77. The van der Waals surface area contributed by atoms with E-state index >= 15 is 0 Å². The van der Waals surface area contributed by atoms with Crippen LogP contribution in [0.15, 0.2) is 59.6 Å². The van der Waals surface area contributed by atoms with Crippen molar-refractivity contribution in [1.29, 1.82) is 0 Å². The van der Waals surface area contributed by atoms with Crippen LogP contribution in [0, 0.1) is 0 Å². The highest BCUT2D eigenvalue weighted by atomic mass is 127. The molecule has 1 aliphatic heterocycles. The molecule has 3 N–H and O–H groups in total. The summed E-state index contributed by atoms with van der Waals surface area (Å²) in [7, 11) is 1.72. The largest absolute Gasteiger partial charge is 0.487 e. The number of benzene rings is 2. The Morgan fingerprint density at radius 2 is 1.80 bits per heavy atom. The number of para-hydroxylation sites is 2. The van der Waals surface area contributed by atoms with Crippen molar-refractivity contribution < 1.29 is 9.53 Å². The van der Waals surface area contributed by atoms with E-state index in [4.69, 9.17) is 4.74 Å². The molecule has 1 fully saturated rings. The fourth-order valence-electron chi connectivity index (χ4n) is 4.32. The first-order chi connectivity index (χ1) is 14.2. The lowest BCUT2D eigenvalue weighted by Crippen LogP contribution is -2.47. The van der Waals surface area contributed by atoms with Crippen molar-refractivity contribution in [3.63, 3.8) is 0 Å². The van der Waals surface area contributed by atoms with E-state index in [0.29, 0.717) is 5.96 Å². The van der Waals surface area contributed by atoms with Gasteiger partial charge >= 0.3 is 0 Å². The molecule has 7 heteroatoms. The summed E-state index contributed by atoms with van der Waals surface area (Å²) in [5, 5.41) is 9.52. The van der Waals surface area contributed by atoms with Gasteiger partial charge in [0.2, 0.25) is 5.91 Å². The number of aliphatic imine (C=N–C) groups is 1. The highest BCUT2D eigenvalue weighted by Crippen LogP contribution is 2.46. The Labute approximate surface area is 194 Å². The van der Waals surface area contributed by atoms with E-state index in [9.17, 15) is 4.79 Å². The van der Waals surface area contributed by atoms with Gasteiger partial charge in [0.15, 0.2) is 5.96 Å². The third-order valence-corrected chi connectivity index (χ3v) is 5.72. The first kappa shape index (κ1) is 22.4. The van der Waals surface area contributed by atoms with E-state index in [1.165, 1.54) is 12.8 Å². The van der Waals surface area contributed by atoms with Crippen LogP contribution in [-0.4, -0.2) is 31.1 Å². The van der Waals surface area contributed by atoms with Gasteiger partial charge in [-0.3, -0.25) is 9.79 Å². The van der Waals surface area contributed by atoms with Crippen LogP contribution in [0.25, 0.3) is 0 Å². The number of nitrogens with one attached hydrogen (secondary N) is 3. The number of anilines is 1. The first-order valence-corrected chi connectivity index (χ1v) is 10.3. The number of hydrogen-bond donors (Lipinski definition) is 3. The van der Waals surface area contributed by atoms with Gasteiger partial charge in [0, 0.05) is 24.7 Å². The summed E-state index contributed by atoms with van der Waals surface area (Å²) in [6.07, 6.45) is 5.50. The minimum absolute atomic E-state index is 0. The van der Waals surface area contributed by atoms with Crippen LogP contribution in [0.3, 0.4) is 0 Å². The molecular weight excluding hydrogens is 491 g/mol. The Bertz CT molecular complexity index is 882. The summed E-state index contributed by atoms with van der Waals surface area (Å²) in [4.78, 5) is 16.6. The summed E-state index contributed by atoms with van der Waals surface area (Å²) < 4.78 is 6.43. The summed E-state index contributed by atoms with van der Waals surface area (Å²) in [6, 6.07) is 17.7. The molecule has 2 aromatic rings. The third kappa shape index (κ3) is 5.24. The van der Waals surface area contributed by atoms with Gasteiger partial charge < -0.3 is 20.7 Å². The summed E-state index contributed by atoms with van der Waals surface area (Å²) in [6.45, 7) is 0.143. The molecule has 2 aromatic carbocycles. The maximum absolute atomic E-state index is 12.3. The van der Waals surface area contributed by atoms with E-state index in [-0.39, 0.29) is 48.1 Å². The van der Waals surface area contributed by atoms with Gasteiger partial charge in [-0.2, -0.15) is 0 Å². The maximum atomic E-state index is 12.3. The van der Waals surface area contributed by atoms with Gasteiger partial charge in [0.25, 0.3) is 0 Å². The molecule has 0 aromatic heterocycles. The van der Waals surface area contributed by atoms with E-state index < -0.39 is 0 Å². The van der Waals surface area contributed by atoms with Crippen LogP contribution in [0.2, 0.25) is 0 Å². The zero-order chi connectivity index (χ0) is 20.1. The molecule has 1 saturated carbocycles. The van der Waals surface area contributed by atoms with Crippen LogP contribution < -0.4 is 20.7 Å². The zero-order valence-corrected chi connectivity index (χ0v) is 19.5. The molecule has 6 nitrogen and oxygen atoms in total. The van der Waals surface area contributed by atoms with E-state index in [0.717, 1.165) is 36.3 Å². The van der Waals surface area contributed by atoms with Crippen molar-refractivity contribution in [3.05, 3.63) is 60.2 Å². The normalized spacial score (nSPS) is 19.2. The number of hydrogen-bond acceptors (Lipinski definition) is 3. The molecule has 1 unspecified atom stereocenters. The predicted molar refractivity (Wildman–Crippen MR) is 131 cm³/mol. The Morgan fingerprint density at radius 1 is 1.10 bits per heavy atom. The highest BCUT2D eigenvalue weighted by Gasteiger charge is 2.43. The van der Waals surface area contributed by atoms with Crippen LogP contribution in [-0.2, 0) is 4.79 Å².